The van der Waals surface area contributed by atoms with Gasteiger partial charge < -0.3 is 0 Å². The van der Waals surface area contributed by atoms with Crippen LogP contribution >= 0.6 is 0 Å². The van der Waals surface area contributed by atoms with Gasteiger partial charge in [0.15, 0.2) is 5.78 Å². The third kappa shape index (κ3) is 4.33. The normalized spacial score (nSPS) is 14.7. The van der Waals surface area contributed by atoms with E-state index in [1.807, 2.05) is 68.4 Å². The van der Waals surface area contributed by atoms with Crippen LogP contribution in [0.25, 0.3) is 0 Å². The first-order valence-electron chi connectivity index (χ1n) is 11.9. The molecule has 0 saturated heterocycles. The predicted molar refractivity (Wildman–Crippen MR) is 137 cm³/mol. The summed E-state index contributed by atoms with van der Waals surface area (Å²) in [5, 5.41) is 0. The molecule has 0 N–H and O–H groups in total. The minimum Gasteiger partial charge on any atom is -0.294 e. The molecule has 0 radical (unpaired) electrons. The minimum atomic E-state index is -0.511. The van der Waals surface area contributed by atoms with Crippen molar-refractivity contribution < 1.29 is 14.4 Å². The molecule has 0 fully saturated rings. The van der Waals surface area contributed by atoms with Gasteiger partial charge in [0.1, 0.15) is 0 Å². The molecule has 1 aliphatic rings. The van der Waals surface area contributed by atoms with Crippen molar-refractivity contribution in [1.29, 1.82) is 0 Å². The van der Waals surface area contributed by atoms with Crippen LogP contribution in [-0.4, -0.2) is 27.6 Å². The smallest absolute Gasteiger partial charge is 0.268 e. The van der Waals surface area contributed by atoms with E-state index in [2.05, 4.69) is 9.97 Å². The Morgan fingerprint density at radius 3 is 1.92 bits per heavy atom. The molecule has 1 aliphatic carbocycles. The number of Topliss-reactive ketones (excluding diaryl/α,β-unsaturated/α-hetero) is 1. The lowest BCUT2D eigenvalue weighted by molar-refractivity contribution is 0.0894. The van der Waals surface area contributed by atoms with Gasteiger partial charge in [-0.15, -0.1) is 0 Å². The molecule has 0 unspecified atom stereocenters. The first-order valence-corrected chi connectivity index (χ1v) is 11.9. The molecule has 1 aromatic heterocycles. The fraction of sp³-hybridized carbons (Fsp3) is 0.167. The maximum absolute atomic E-state index is 13.8. The number of benzene rings is 3. The second-order valence-corrected chi connectivity index (χ2v) is 9.04. The number of ketones is 1. The van der Waals surface area contributed by atoms with Crippen LogP contribution in [0.1, 0.15) is 65.8 Å². The van der Waals surface area contributed by atoms with Gasteiger partial charge in [-0.2, -0.15) is 0 Å². The molecule has 0 bridgehead atoms. The van der Waals surface area contributed by atoms with Gasteiger partial charge in [0.25, 0.3) is 11.8 Å². The zero-order chi connectivity index (χ0) is 25.2. The van der Waals surface area contributed by atoms with Gasteiger partial charge in [-0.3, -0.25) is 14.4 Å². The summed E-state index contributed by atoms with van der Waals surface area (Å²) < 4.78 is 0. The highest BCUT2D eigenvalue weighted by molar-refractivity contribution is 6.25. The second kappa shape index (κ2) is 9.66. The van der Waals surface area contributed by atoms with E-state index in [0.29, 0.717) is 35.2 Å². The Kier molecular flexibility index (Phi) is 6.25. The molecule has 1 heterocycles. The van der Waals surface area contributed by atoms with E-state index in [1.54, 1.807) is 24.3 Å². The summed E-state index contributed by atoms with van der Waals surface area (Å²) in [5.41, 5.74) is 4.30. The molecule has 3 aromatic carbocycles. The van der Waals surface area contributed by atoms with Crippen molar-refractivity contribution in [1.82, 2.24) is 9.97 Å². The van der Waals surface area contributed by atoms with Crippen molar-refractivity contribution in [3.05, 3.63) is 124 Å². The molecule has 178 valence electrons. The lowest BCUT2D eigenvalue weighted by Gasteiger charge is -2.25. The summed E-state index contributed by atoms with van der Waals surface area (Å²) >= 11 is 0. The summed E-state index contributed by atoms with van der Waals surface area (Å²) in [5.74, 6) is -1.12. The Bertz CT molecular complexity index is 1420. The van der Waals surface area contributed by atoms with Crippen LogP contribution in [0.3, 0.4) is 0 Å². The molecule has 6 nitrogen and oxygen atoms in total. The Labute approximate surface area is 209 Å². The van der Waals surface area contributed by atoms with Gasteiger partial charge >= 0.3 is 0 Å². The topological polar surface area (TPSA) is 80.2 Å². The first kappa shape index (κ1) is 23.3. The molecule has 2 amide bonds. The first-order chi connectivity index (χ1) is 17.4. The number of amides is 2. The van der Waals surface area contributed by atoms with E-state index in [1.165, 1.54) is 6.20 Å². The molecule has 0 spiro atoms. The lowest BCUT2D eigenvalue weighted by atomic mass is 9.82. The molecule has 5 rings (SSSR count). The minimum absolute atomic E-state index is 0.0264. The lowest BCUT2D eigenvalue weighted by Crippen LogP contribution is -2.39. The number of hydrogen-bond acceptors (Lipinski definition) is 5. The predicted octanol–water partition coefficient (Wildman–Crippen LogP) is 5.49. The van der Waals surface area contributed by atoms with E-state index in [0.717, 1.165) is 21.6 Å². The molecule has 1 atom stereocenters. The zero-order valence-corrected chi connectivity index (χ0v) is 20.1. The quantitative estimate of drug-likeness (QED) is 0.365. The van der Waals surface area contributed by atoms with E-state index in [4.69, 9.17) is 0 Å². The van der Waals surface area contributed by atoms with Crippen LogP contribution in [0.5, 0.6) is 0 Å². The molecule has 36 heavy (non-hydrogen) atoms. The van der Waals surface area contributed by atoms with Crippen LogP contribution < -0.4 is 4.90 Å². The van der Waals surface area contributed by atoms with Crippen LogP contribution in [0, 0.1) is 13.8 Å². The number of rotatable bonds is 4. The Morgan fingerprint density at radius 2 is 1.33 bits per heavy atom. The monoisotopic (exact) mass is 475 g/mol. The summed E-state index contributed by atoms with van der Waals surface area (Å²) in [7, 11) is 0. The van der Waals surface area contributed by atoms with E-state index in [9.17, 15) is 14.4 Å². The van der Waals surface area contributed by atoms with Gasteiger partial charge in [-0.05, 0) is 55.0 Å². The van der Waals surface area contributed by atoms with Crippen LogP contribution in [0.15, 0.2) is 85.1 Å². The van der Waals surface area contributed by atoms with Gasteiger partial charge in [0.05, 0.1) is 11.3 Å². The van der Waals surface area contributed by atoms with E-state index in [-0.39, 0.29) is 17.6 Å². The van der Waals surface area contributed by atoms with Crippen molar-refractivity contribution in [2.24, 2.45) is 0 Å². The Balaban J connectivity index is 1.60. The van der Waals surface area contributed by atoms with Gasteiger partial charge in [-0.25, -0.2) is 14.9 Å². The van der Waals surface area contributed by atoms with Crippen molar-refractivity contribution in [3.8, 4) is 0 Å². The summed E-state index contributed by atoms with van der Waals surface area (Å²) in [6.45, 7) is 3.64. The highest BCUT2D eigenvalue weighted by Crippen LogP contribution is 2.32. The maximum atomic E-state index is 13.8. The SMILES string of the molecule is Cc1ccccc1C(=O)N(C(=O)c1ccccc1C)c1ncc2c(n1)C[C@H](c1ccccc1)CC2=O. The number of aromatic nitrogens is 2. The number of carbonyl (C=O) groups is 3. The van der Waals surface area contributed by atoms with Crippen molar-refractivity contribution in [3.63, 3.8) is 0 Å². The highest BCUT2D eigenvalue weighted by Gasteiger charge is 2.33. The van der Waals surface area contributed by atoms with Crippen molar-refractivity contribution >= 4 is 23.5 Å². The van der Waals surface area contributed by atoms with Gasteiger partial charge in [0.2, 0.25) is 5.95 Å². The largest absolute Gasteiger partial charge is 0.294 e. The fourth-order valence-electron chi connectivity index (χ4n) is 4.64. The Morgan fingerprint density at radius 1 is 0.778 bits per heavy atom. The summed E-state index contributed by atoms with van der Waals surface area (Å²) in [4.78, 5) is 50.5. The number of carbonyl (C=O) groups excluding carboxylic acids is 3. The summed E-state index contributed by atoms with van der Waals surface area (Å²) in [6, 6.07) is 24.0. The number of anilines is 1. The fourth-order valence-corrected chi connectivity index (χ4v) is 4.64. The maximum Gasteiger partial charge on any atom is 0.268 e. The van der Waals surface area contributed by atoms with Crippen molar-refractivity contribution in [2.75, 3.05) is 4.90 Å². The average molecular weight is 476 g/mol. The standard InChI is InChI=1S/C30H25N3O3/c1-19-10-6-8-14-23(19)28(35)33(29(36)24-15-9-7-11-20(24)2)30-31-18-25-26(32-30)16-22(17-27(25)34)21-12-4-3-5-13-21/h3-15,18,22H,16-17H2,1-2H3/t22-/m0/s1. The number of hydrogen-bond donors (Lipinski definition) is 0. The number of aryl methyl sites for hydroxylation is 2. The van der Waals surface area contributed by atoms with Crippen LogP contribution in [-0.2, 0) is 6.42 Å². The summed E-state index contributed by atoms with van der Waals surface area (Å²) in [6.07, 6.45) is 2.34. The van der Waals surface area contributed by atoms with Crippen LogP contribution in [0.2, 0.25) is 0 Å². The average Bonchev–Trinajstić information content (AvgIpc) is 2.89. The van der Waals surface area contributed by atoms with E-state index >= 15 is 0 Å². The second-order valence-electron chi connectivity index (χ2n) is 9.04. The van der Waals surface area contributed by atoms with Crippen molar-refractivity contribution in [2.45, 2.75) is 32.6 Å². The third-order valence-corrected chi connectivity index (χ3v) is 6.66. The van der Waals surface area contributed by atoms with Gasteiger partial charge in [0, 0.05) is 23.7 Å². The molecular weight excluding hydrogens is 450 g/mol. The van der Waals surface area contributed by atoms with Gasteiger partial charge in [-0.1, -0.05) is 66.7 Å². The molecule has 4 aromatic rings. The third-order valence-electron chi connectivity index (χ3n) is 6.66. The molecular formula is C30H25N3O3. The zero-order valence-electron chi connectivity index (χ0n) is 20.1. The number of imide groups is 1. The number of fused-ring (bicyclic) bond motifs is 1. The molecule has 0 aliphatic heterocycles. The number of nitrogens with zero attached hydrogens (tertiary/aromatic N) is 3. The highest BCUT2D eigenvalue weighted by atomic mass is 16.2. The Hall–Kier alpha value is -4.45. The van der Waals surface area contributed by atoms with E-state index < -0.39 is 11.8 Å². The molecule has 0 saturated carbocycles. The van der Waals surface area contributed by atoms with Crippen LogP contribution in [0.4, 0.5) is 5.95 Å². The molecule has 6 heteroatoms.